The molecule has 0 amide bonds. The molecule has 1 aliphatic carbocycles. The predicted molar refractivity (Wildman–Crippen MR) is 85.7 cm³/mol. The maximum Gasteiger partial charge on any atom is 0.0491 e. The fourth-order valence-electron chi connectivity index (χ4n) is 2.82. The van der Waals surface area contributed by atoms with Gasteiger partial charge in [0.25, 0.3) is 0 Å². The first-order chi connectivity index (χ1) is 8.56. The smallest absolute Gasteiger partial charge is 0.0491 e. The Hall–Kier alpha value is -0.0200. The molecule has 1 saturated carbocycles. The Morgan fingerprint density at radius 2 is 1.83 bits per heavy atom. The highest BCUT2D eigenvalue weighted by molar-refractivity contribution is 9.11. The fraction of sp³-hybridized carbons (Fsp3) is 0.600. The van der Waals surface area contributed by atoms with Gasteiger partial charge in [0.2, 0.25) is 0 Å². The molecule has 18 heavy (non-hydrogen) atoms. The zero-order valence-corrected chi connectivity index (χ0v) is 14.1. The van der Waals surface area contributed by atoms with Gasteiger partial charge in [-0.15, -0.1) is 0 Å². The van der Waals surface area contributed by atoms with Crippen LogP contribution in [0.4, 0.5) is 5.69 Å². The summed E-state index contributed by atoms with van der Waals surface area (Å²) < 4.78 is 2.11. The molecule has 2 rings (SSSR count). The van der Waals surface area contributed by atoms with E-state index in [0.29, 0.717) is 0 Å². The molecule has 0 bridgehead atoms. The molecule has 1 aromatic carbocycles. The molecule has 100 valence electrons. The summed E-state index contributed by atoms with van der Waals surface area (Å²) in [4.78, 5) is 0. The second kappa shape index (κ2) is 6.42. The van der Waals surface area contributed by atoms with Crippen LogP contribution >= 0.6 is 31.9 Å². The number of hydrogen-bond acceptors (Lipinski definition) is 1. The number of anilines is 1. The van der Waals surface area contributed by atoms with E-state index in [-0.39, 0.29) is 0 Å². The minimum atomic E-state index is 0.901. The molecule has 1 aromatic rings. The molecule has 1 aliphatic rings. The molecule has 1 fully saturated rings. The fourth-order valence-corrected chi connectivity index (χ4v) is 4.14. The molecule has 0 spiro atoms. The van der Waals surface area contributed by atoms with Crippen molar-refractivity contribution in [2.75, 3.05) is 5.73 Å². The van der Waals surface area contributed by atoms with Crippen molar-refractivity contribution < 1.29 is 0 Å². The van der Waals surface area contributed by atoms with Crippen LogP contribution in [0.1, 0.15) is 44.6 Å². The van der Waals surface area contributed by atoms with E-state index in [2.05, 4.69) is 44.8 Å². The van der Waals surface area contributed by atoms with Crippen LogP contribution in [0.25, 0.3) is 0 Å². The molecule has 0 saturated heterocycles. The van der Waals surface area contributed by atoms with Crippen LogP contribution < -0.4 is 5.73 Å². The number of aryl methyl sites for hydroxylation is 1. The molecule has 3 heteroatoms. The van der Waals surface area contributed by atoms with Crippen molar-refractivity contribution in [1.82, 2.24) is 0 Å². The molecule has 0 aliphatic heterocycles. The Bertz CT molecular complexity index is 409. The molecule has 0 atom stereocenters. The van der Waals surface area contributed by atoms with Crippen molar-refractivity contribution in [1.29, 1.82) is 0 Å². The van der Waals surface area contributed by atoms with Crippen molar-refractivity contribution in [3.8, 4) is 0 Å². The number of hydrogen-bond donors (Lipinski definition) is 1. The van der Waals surface area contributed by atoms with Gasteiger partial charge >= 0.3 is 0 Å². The van der Waals surface area contributed by atoms with Gasteiger partial charge in [-0.3, -0.25) is 0 Å². The molecular weight excluding hydrogens is 354 g/mol. The SMILES string of the molecule is CC1CCC(CCc2cc(Br)cc(Br)c2N)CC1. The lowest BCUT2D eigenvalue weighted by Gasteiger charge is -2.26. The second-order valence-corrected chi connectivity index (χ2v) is 7.39. The van der Waals surface area contributed by atoms with Crippen molar-refractivity contribution in [3.63, 3.8) is 0 Å². The lowest BCUT2D eigenvalue weighted by Crippen LogP contribution is -2.13. The molecular formula is C15H21Br2N. The number of nitrogen functional groups attached to an aromatic ring is 1. The summed E-state index contributed by atoms with van der Waals surface area (Å²) in [6.07, 6.45) is 7.99. The van der Waals surface area contributed by atoms with Crippen LogP contribution in [-0.2, 0) is 6.42 Å². The Morgan fingerprint density at radius 3 is 2.50 bits per heavy atom. The van der Waals surface area contributed by atoms with E-state index >= 15 is 0 Å². The lowest BCUT2D eigenvalue weighted by atomic mass is 9.80. The van der Waals surface area contributed by atoms with Gasteiger partial charge in [-0.25, -0.2) is 0 Å². The van der Waals surface area contributed by atoms with Gasteiger partial charge in [0.05, 0.1) is 0 Å². The average molecular weight is 375 g/mol. The molecule has 1 nitrogen and oxygen atoms in total. The Balaban J connectivity index is 1.94. The van der Waals surface area contributed by atoms with Crippen LogP contribution in [0.3, 0.4) is 0 Å². The Labute approximate surface area is 127 Å². The third-order valence-corrected chi connectivity index (χ3v) is 5.25. The molecule has 0 unspecified atom stereocenters. The van der Waals surface area contributed by atoms with Gasteiger partial charge in [0.1, 0.15) is 0 Å². The predicted octanol–water partition coefficient (Wildman–Crippen LogP) is 5.55. The van der Waals surface area contributed by atoms with Gasteiger partial charge in [-0.2, -0.15) is 0 Å². The van der Waals surface area contributed by atoms with Crippen molar-refractivity contribution >= 4 is 37.5 Å². The van der Waals surface area contributed by atoms with E-state index in [0.717, 1.165) is 32.9 Å². The summed E-state index contributed by atoms with van der Waals surface area (Å²) in [7, 11) is 0. The van der Waals surface area contributed by atoms with Crippen molar-refractivity contribution in [2.24, 2.45) is 11.8 Å². The van der Waals surface area contributed by atoms with E-state index in [1.165, 1.54) is 37.7 Å². The van der Waals surface area contributed by atoms with Gasteiger partial charge in [-0.1, -0.05) is 48.5 Å². The first-order valence-corrected chi connectivity index (χ1v) is 8.38. The van der Waals surface area contributed by atoms with Crippen LogP contribution in [0.2, 0.25) is 0 Å². The third kappa shape index (κ3) is 3.74. The van der Waals surface area contributed by atoms with Crippen molar-refractivity contribution in [2.45, 2.75) is 45.4 Å². The summed E-state index contributed by atoms with van der Waals surface area (Å²) in [5.74, 6) is 1.84. The minimum absolute atomic E-state index is 0.901. The standard InChI is InChI=1S/C15H21Br2N/c1-10-2-4-11(5-3-10)6-7-12-8-13(16)9-14(17)15(12)18/h8-11H,2-7,18H2,1H3. The first kappa shape index (κ1) is 14.4. The third-order valence-electron chi connectivity index (χ3n) is 4.14. The summed E-state index contributed by atoms with van der Waals surface area (Å²) >= 11 is 7.05. The van der Waals surface area contributed by atoms with Crippen LogP contribution in [0.15, 0.2) is 21.1 Å². The monoisotopic (exact) mass is 373 g/mol. The van der Waals surface area contributed by atoms with Crippen LogP contribution in [0.5, 0.6) is 0 Å². The lowest BCUT2D eigenvalue weighted by molar-refractivity contribution is 0.278. The molecule has 0 radical (unpaired) electrons. The molecule has 2 N–H and O–H groups in total. The van der Waals surface area contributed by atoms with Gasteiger partial charge in [0, 0.05) is 14.6 Å². The van der Waals surface area contributed by atoms with E-state index in [4.69, 9.17) is 5.73 Å². The number of rotatable bonds is 3. The van der Waals surface area contributed by atoms with Crippen molar-refractivity contribution in [3.05, 3.63) is 26.6 Å². The van der Waals surface area contributed by atoms with Crippen LogP contribution in [-0.4, -0.2) is 0 Å². The highest BCUT2D eigenvalue weighted by Gasteiger charge is 2.18. The Morgan fingerprint density at radius 1 is 1.17 bits per heavy atom. The molecule has 0 heterocycles. The second-order valence-electron chi connectivity index (χ2n) is 5.62. The number of nitrogens with two attached hydrogens (primary N) is 1. The largest absolute Gasteiger partial charge is 0.398 e. The zero-order chi connectivity index (χ0) is 13.1. The van der Waals surface area contributed by atoms with E-state index in [1.807, 2.05) is 6.07 Å². The topological polar surface area (TPSA) is 26.0 Å². The first-order valence-electron chi connectivity index (χ1n) is 6.79. The zero-order valence-electron chi connectivity index (χ0n) is 10.9. The van der Waals surface area contributed by atoms with E-state index in [9.17, 15) is 0 Å². The Kier molecular flexibility index (Phi) is 5.14. The van der Waals surface area contributed by atoms with E-state index < -0.39 is 0 Å². The summed E-state index contributed by atoms with van der Waals surface area (Å²) in [6.45, 7) is 2.37. The summed E-state index contributed by atoms with van der Waals surface area (Å²) in [5, 5.41) is 0. The van der Waals surface area contributed by atoms with Gasteiger partial charge < -0.3 is 5.73 Å². The van der Waals surface area contributed by atoms with Gasteiger partial charge in [0.15, 0.2) is 0 Å². The van der Waals surface area contributed by atoms with Gasteiger partial charge in [-0.05, 0) is 58.3 Å². The summed E-state index contributed by atoms with van der Waals surface area (Å²) in [6, 6.07) is 4.17. The number of halogens is 2. The normalized spacial score (nSPS) is 24.2. The maximum absolute atomic E-state index is 6.12. The van der Waals surface area contributed by atoms with E-state index in [1.54, 1.807) is 0 Å². The summed E-state index contributed by atoms with van der Waals surface area (Å²) in [5.41, 5.74) is 8.30. The minimum Gasteiger partial charge on any atom is -0.398 e. The highest BCUT2D eigenvalue weighted by atomic mass is 79.9. The highest BCUT2D eigenvalue weighted by Crippen LogP contribution is 2.33. The maximum atomic E-state index is 6.12. The number of benzene rings is 1. The average Bonchev–Trinajstić information content (AvgIpc) is 2.34. The van der Waals surface area contributed by atoms with Crippen LogP contribution in [0, 0.1) is 11.8 Å². The molecule has 0 aromatic heterocycles. The quantitative estimate of drug-likeness (QED) is 0.689.